The van der Waals surface area contributed by atoms with E-state index in [2.05, 4.69) is 22.3 Å². The molecule has 0 spiro atoms. The highest BCUT2D eigenvalue weighted by atomic mass is 16.1. The maximum Gasteiger partial charge on any atom is 0.252 e. The molecule has 0 aromatic heterocycles. The lowest BCUT2D eigenvalue weighted by molar-refractivity contribution is 0.0939. The third-order valence-electron chi connectivity index (χ3n) is 4.65. The minimum Gasteiger partial charge on any atom is -0.348 e. The van der Waals surface area contributed by atoms with Gasteiger partial charge in [-0.3, -0.25) is 9.69 Å². The van der Waals surface area contributed by atoms with Gasteiger partial charge in [-0.2, -0.15) is 0 Å². The molecule has 1 atom stereocenters. The lowest BCUT2D eigenvalue weighted by atomic mass is 10.0. The maximum atomic E-state index is 12.6. The molecule has 1 saturated heterocycles. The molecule has 0 radical (unpaired) electrons. The maximum absolute atomic E-state index is 12.6. The Kier molecular flexibility index (Phi) is 3.15. The van der Waals surface area contributed by atoms with Crippen molar-refractivity contribution in [3.05, 3.63) is 48.0 Å². The van der Waals surface area contributed by atoms with Crippen LogP contribution in [0.4, 0.5) is 0 Å². The zero-order valence-corrected chi connectivity index (χ0v) is 12.1. The molecule has 1 saturated carbocycles. The van der Waals surface area contributed by atoms with E-state index in [0.29, 0.717) is 6.04 Å². The van der Waals surface area contributed by atoms with E-state index < -0.39 is 0 Å². The highest BCUT2D eigenvalue weighted by molar-refractivity contribution is 6.07. The molecule has 2 aromatic carbocycles. The average molecular weight is 280 g/mol. The van der Waals surface area contributed by atoms with Gasteiger partial charge < -0.3 is 5.32 Å². The number of amides is 1. The van der Waals surface area contributed by atoms with E-state index >= 15 is 0 Å². The molecule has 1 N–H and O–H groups in total. The fraction of sp³-hybridized carbons (Fsp3) is 0.389. The number of hydrogen-bond acceptors (Lipinski definition) is 2. The van der Waals surface area contributed by atoms with Crippen molar-refractivity contribution in [3.8, 4) is 0 Å². The average Bonchev–Trinajstić information content (AvgIpc) is 3.27. The largest absolute Gasteiger partial charge is 0.348 e. The van der Waals surface area contributed by atoms with Crippen molar-refractivity contribution in [2.24, 2.45) is 0 Å². The Hall–Kier alpha value is -1.87. The smallest absolute Gasteiger partial charge is 0.252 e. The van der Waals surface area contributed by atoms with E-state index in [4.69, 9.17) is 0 Å². The minimum atomic E-state index is 0.0643. The normalized spacial score (nSPS) is 22.6. The number of benzene rings is 2. The van der Waals surface area contributed by atoms with Crippen LogP contribution >= 0.6 is 0 Å². The zero-order chi connectivity index (χ0) is 14.2. The molecule has 3 nitrogen and oxygen atoms in total. The summed E-state index contributed by atoms with van der Waals surface area (Å²) in [6.07, 6.45) is 3.75. The Morgan fingerprint density at radius 3 is 2.71 bits per heavy atom. The number of hydrogen-bond donors (Lipinski definition) is 1. The lowest BCUT2D eigenvalue weighted by Gasteiger charge is -2.16. The Bertz CT molecular complexity index is 672. The molecular weight excluding hydrogens is 260 g/mol. The van der Waals surface area contributed by atoms with Crippen LogP contribution in [0.3, 0.4) is 0 Å². The molecular formula is C18H20N2O. The molecule has 3 heteroatoms. The summed E-state index contributed by atoms with van der Waals surface area (Å²) in [5.41, 5.74) is 0.790. The van der Waals surface area contributed by atoms with E-state index in [1.807, 2.05) is 30.3 Å². The van der Waals surface area contributed by atoms with Crippen LogP contribution in [-0.2, 0) is 0 Å². The van der Waals surface area contributed by atoms with Gasteiger partial charge in [-0.15, -0.1) is 0 Å². The van der Waals surface area contributed by atoms with Gasteiger partial charge in [0.2, 0.25) is 0 Å². The highest BCUT2D eigenvalue weighted by Crippen LogP contribution is 2.30. The standard InChI is InChI=1S/C18H20N2O/c21-18(19-14-10-11-20(12-14)15-8-9-15)17-7-3-5-13-4-1-2-6-16(13)17/h1-7,14-15H,8-12H2,(H,19,21). The van der Waals surface area contributed by atoms with Gasteiger partial charge in [-0.1, -0.05) is 36.4 Å². The molecule has 2 aromatic rings. The van der Waals surface area contributed by atoms with Crippen LogP contribution in [0.25, 0.3) is 10.8 Å². The van der Waals surface area contributed by atoms with Crippen molar-refractivity contribution in [2.75, 3.05) is 13.1 Å². The van der Waals surface area contributed by atoms with Crippen LogP contribution < -0.4 is 5.32 Å². The molecule has 2 fully saturated rings. The monoisotopic (exact) mass is 280 g/mol. The number of nitrogens with one attached hydrogen (secondary N) is 1. The van der Waals surface area contributed by atoms with Crippen molar-refractivity contribution >= 4 is 16.7 Å². The number of nitrogens with zero attached hydrogens (tertiary/aromatic N) is 1. The first kappa shape index (κ1) is 12.8. The predicted molar refractivity (Wildman–Crippen MR) is 84.4 cm³/mol. The Balaban J connectivity index is 1.51. The van der Waals surface area contributed by atoms with Gasteiger partial charge in [0.25, 0.3) is 5.91 Å². The second-order valence-electron chi connectivity index (χ2n) is 6.21. The highest BCUT2D eigenvalue weighted by Gasteiger charge is 2.34. The molecule has 108 valence electrons. The first-order valence-electron chi connectivity index (χ1n) is 7.84. The third kappa shape index (κ3) is 2.54. The van der Waals surface area contributed by atoms with E-state index in [1.54, 1.807) is 0 Å². The van der Waals surface area contributed by atoms with Crippen LogP contribution in [0.2, 0.25) is 0 Å². The van der Waals surface area contributed by atoms with Crippen LogP contribution in [-0.4, -0.2) is 36.0 Å². The van der Waals surface area contributed by atoms with E-state index in [0.717, 1.165) is 41.9 Å². The summed E-state index contributed by atoms with van der Waals surface area (Å²) in [7, 11) is 0. The molecule has 21 heavy (non-hydrogen) atoms. The molecule has 1 aliphatic carbocycles. The summed E-state index contributed by atoms with van der Waals surface area (Å²) in [4.78, 5) is 15.1. The minimum absolute atomic E-state index is 0.0643. The van der Waals surface area contributed by atoms with Crippen LogP contribution in [0, 0.1) is 0 Å². The molecule has 1 heterocycles. The van der Waals surface area contributed by atoms with E-state index in [-0.39, 0.29) is 5.91 Å². The number of rotatable bonds is 3. The topological polar surface area (TPSA) is 32.3 Å². The Morgan fingerprint density at radius 2 is 1.86 bits per heavy atom. The Morgan fingerprint density at radius 1 is 1.05 bits per heavy atom. The molecule has 2 aliphatic rings. The first-order valence-corrected chi connectivity index (χ1v) is 7.84. The van der Waals surface area contributed by atoms with Crippen molar-refractivity contribution in [3.63, 3.8) is 0 Å². The fourth-order valence-corrected chi connectivity index (χ4v) is 3.36. The number of fused-ring (bicyclic) bond motifs is 1. The van der Waals surface area contributed by atoms with Crippen molar-refractivity contribution in [2.45, 2.75) is 31.3 Å². The van der Waals surface area contributed by atoms with Gasteiger partial charge in [-0.05, 0) is 36.1 Å². The third-order valence-corrected chi connectivity index (χ3v) is 4.65. The van der Waals surface area contributed by atoms with Gasteiger partial charge in [0, 0.05) is 30.7 Å². The number of carbonyl (C=O) groups is 1. The van der Waals surface area contributed by atoms with Crippen molar-refractivity contribution in [1.29, 1.82) is 0 Å². The number of likely N-dealkylation sites (tertiary alicyclic amines) is 1. The zero-order valence-electron chi connectivity index (χ0n) is 12.1. The second kappa shape index (κ2) is 5.15. The van der Waals surface area contributed by atoms with Crippen LogP contribution in [0.15, 0.2) is 42.5 Å². The van der Waals surface area contributed by atoms with Crippen LogP contribution in [0.1, 0.15) is 29.6 Å². The fourth-order valence-electron chi connectivity index (χ4n) is 3.36. The van der Waals surface area contributed by atoms with Gasteiger partial charge in [0.1, 0.15) is 0 Å². The summed E-state index contributed by atoms with van der Waals surface area (Å²) in [6.45, 7) is 2.15. The lowest BCUT2D eigenvalue weighted by Crippen LogP contribution is -2.37. The predicted octanol–water partition coefficient (Wildman–Crippen LogP) is 2.81. The molecule has 1 amide bonds. The SMILES string of the molecule is O=C(NC1CCN(C2CC2)C1)c1cccc2ccccc12. The van der Waals surface area contributed by atoms with Crippen molar-refractivity contribution < 1.29 is 4.79 Å². The first-order chi connectivity index (χ1) is 10.3. The summed E-state index contributed by atoms with van der Waals surface area (Å²) in [5, 5.41) is 5.38. The molecule has 1 unspecified atom stereocenters. The molecule has 1 aliphatic heterocycles. The van der Waals surface area contributed by atoms with Gasteiger partial charge >= 0.3 is 0 Å². The second-order valence-corrected chi connectivity index (χ2v) is 6.21. The van der Waals surface area contributed by atoms with Gasteiger partial charge in [0.15, 0.2) is 0 Å². The summed E-state index contributed by atoms with van der Waals surface area (Å²) < 4.78 is 0. The Labute approximate surface area is 124 Å². The van der Waals surface area contributed by atoms with Crippen molar-refractivity contribution in [1.82, 2.24) is 10.2 Å². The summed E-state index contributed by atoms with van der Waals surface area (Å²) >= 11 is 0. The van der Waals surface area contributed by atoms with E-state index in [1.165, 1.54) is 12.8 Å². The summed E-state index contributed by atoms with van der Waals surface area (Å²) in [6, 6.07) is 15.1. The number of carbonyl (C=O) groups excluding carboxylic acids is 1. The van der Waals surface area contributed by atoms with Gasteiger partial charge in [0.05, 0.1) is 0 Å². The quantitative estimate of drug-likeness (QED) is 0.937. The molecule has 0 bridgehead atoms. The summed E-state index contributed by atoms with van der Waals surface area (Å²) in [5.74, 6) is 0.0643. The van der Waals surface area contributed by atoms with E-state index in [9.17, 15) is 4.79 Å². The van der Waals surface area contributed by atoms with Gasteiger partial charge in [-0.25, -0.2) is 0 Å². The van der Waals surface area contributed by atoms with Crippen LogP contribution in [0.5, 0.6) is 0 Å². The molecule has 4 rings (SSSR count).